The Morgan fingerprint density at radius 2 is 1.87 bits per heavy atom. The Labute approximate surface area is 93.6 Å². The molecule has 1 rings (SSSR count). The number of likely N-dealkylation sites (N-methyl/N-ethyl adjacent to an activating group) is 1. The maximum atomic E-state index is 3.97. The summed E-state index contributed by atoms with van der Waals surface area (Å²) in [5.41, 5.74) is 1.35. The molecule has 1 unspecified atom stereocenters. The smallest absolute Gasteiger partial charge is 0.133 e. The van der Waals surface area contributed by atoms with Gasteiger partial charge in [0.15, 0.2) is 0 Å². The molecule has 82 valence electrons. The minimum atomic E-state index is 0.395. The molecule has 0 aliphatic rings. The lowest BCUT2D eigenvalue weighted by Crippen LogP contribution is -2.42. The van der Waals surface area contributed by atoms with Crippen molar-refractivity contribution in [2.45, 2.75) is 19.4 Å². The zero-order chi connectivity index (χ0) is 11.3. The van der Waals surface area contributed by atoms with Crippen LogP contribution < -0.4 is 0 Å². The molecule has 1 heteroatoms. The topological polar surface area (TPSA) is 0 Å². The predicted octanol–water partition coefficient (Wildman–Crippen LogP) is 3.40. The van der Waals surface area contributed by atoms with Crippen molar-refractivity contribution in [3.63, 3.8) is 0 Å². The van der Waals surface area contributed by atoms with Crippen LogP contribution in [-0.4, -0.2) is 25.1 Å². The van der Waals surface area contributed by atoms with E-state index in [-0.39, 0.29) is 0 Å². The standard InChI is InChI=1S/C14H22N/c1-5-12-15(3,4)14(6-2)13-10-8-7-9-11-13/h6-11,14H,2,5,12H2,1,3-4H3/q+1. The maximum Gasteiger partial charge on any atom is 0.133 e. The van der Waals surface area contributed by atoms with Crippen LogP contribution in [0.25, 0.3) is 0 Å². The molecule has 0 N–H and O–H groups in total. The van der Waals surface area contributed by atoms with Crippen molar-refractivity contribution in [3.8, 4) is 0 Å². The van der Waals surface area contributed by atoms with Gasteiger partial charge in [0.05, 0.1) is 20.6 Å². The first-order chi connectivity index (χ1) is 7.11. The number of rotatable bonds is 5. The van der Waals surface area contributed by atoms with Gasteiger partial charge >= 0.3 is 0 Å². The molecular weight excluding hydrogens is 182 g/mol. The van der Waals surface area contributed by atoms with Crippen LogP contribution in [0.2, 0.25) is 0 Å². The van der Waals surface area contributed by atoms with Crippen LogP contribution in [0.4, 0.5) is 0 Å². The number of nitrogens with zero attached hydrogens (tertiary/aromatic N) is 1. The van der Waals surface area contributed by atoms with Crippen molar-refractivity contribution in [2.24, 2.45) is 0 Å². The van der Waals surface area contributed by atoms with Crippen LogP contribution >= 0.6 is 0 Å². The monoisotopic (exact) mass is 204 g/mol. The molecule has 0 spiro atoms. The first-order valence-corrected chi connectivity index (χ1v) is 5.62. The Kier molecular flexibility index (Phi) is 4.10. The van der Waals surface area contributed by atoms with Gasteiger partial charge in [0.1, 0.15) is 6.04 Å². The lowest BCUT2D eigenvalue weighted by molar-refractivity contribution is -0.914. The molecule has 0 aromatic heterocycles. The largest absolute Gasteiger partial charge is 0.319 e. The Balaban J connectivity index is 2.94. The highest BCUT2D eigenvalue weighted by molar-refractivity contribution is 5.20. The van der Waals surface area contributed by atoms with Crippen LogP contribution in [-0.2, 0) is 0 Å². The Morgan fingerprint density at radius 3 is 2.33 bits per heavy atom. The molecule has 0 aliphatic carbocycles. The normalized spacial score (nSPS) is 13.5. The molecule has 0 saturated heterocycles. The van der Waals surface area contributed by atoms with Crippen LogP contribution in [0.5, 0.6) is 0 Å². The fourth-order valence-corrected chi connectivity index (χ4v) is 2.19. The molecule has 0 bridgehead atoms. The summed E-state index contributed by atoms with van der Waals surface area (Å²) in [5.74, 6) is 0. The number of benzene rings is 1. The Morgan fingerprint density at radius 1 is 1.27 bits per heavy atom. The van der Waals surface area contributed by atoms with Gasteiger partial charge in [0, 0.05) is 5.56 Å². The first-order valence-electron chi connectivity index (χ1n) is 5.62. The van der Waals surface area contributed by atoms with Crippen LogP contribution in [0.1, 0.15) is 24.9 Å². The van der Waals surface area contributed by atoms with E-state index in [0.717, 1.165) is 4.48 Å². The van der Waals surface area contributed by atoms with Gasteiger partial charge in [-0.25, -0.2) is 0 Å². The van der Waals surface area contributed by atoms with Crippen molar-refractivity contribution in [1.82, 2.24) is 0 Å². The second kappa shape index (κ2) is 5.13. The van der Waals surface area contributed by atoms with Crippen molar-refractivity contribution in [1.29, 1.82) is 0 Å². The SMILES string of the molecule is C=CC(c1ccccc1)[N+](C)(C)CCC. The van der Waals surface area contributed by atoms with E-state index in [2.05, 4.69) is 64.0 Å². The Bertz CT molecular complexity index is 300. The summed E-state index contributed by atoms with van der Waals surface area (Å²) in [6.45, 7) is 7.37. The summed E-state index contributed by atoms with van der Waals surface area (Å²) >= 11 is 0. The summed E-state index contributed by atoms with van der Waals surface area (Å²) in [6.07, 6.45) is 3.26. The average molecular weight is 204 g/mol. The van der Waals surface area contributed by atoms with Gasteiger partial charge in [-0.1, -0.05) is 43.8 Å². The third kappa shape index (κ3) is 2.93. The highest BCUT2D eigenvalue weighted by Gasteiger charge is 2.25. The third-order valence-electron chi connectivity index (χ3n) is 2.92. The minimum Gasteiger partial charge on any atom is -0.319 e. The highest BCUT2D eigenvalue weighted by Crippen LogP contribution is 2.26. The van der Waals surface area contributed by atoms with E-state index in [1.165, 1.54) is 18.5 Å². The summed E-state index contributed by atoms with van der Waals surface area (Å²) in [7, 11) is 4.53. The molecule has 0 amide bonds. The molecule has 1 aromatic rings. The number of quaternary nitrogens is 1. The van der Waals surface area contributed by atoms with E-state index in [9.17, 15) is 0 Å². The summed E-state index contributed by atoms with van der Waals surface area (Å²) in [6, 6.07) is 11.0. The summed E-state index contributed by atoms with van der Waals surface area (Å²) in [4.78, 5) is 0. The van der Waals surface area contributed by atoms with Crippen molar-refractivity contribution in [2.75, 3.05) is 20.6 Å². The zero-order valence-corrected chi connectivity index (χ0v) is 10.1. The van der Waals surface area contributed by atoms with Crippen LogP contribution in [0.15, 0.2) is 43.0 Å². The number of hydrogen-bond acceptors (Lipinski definition) is 0. The molecule has 0 aliphatic heterocycles. The molecule has 0 radical (unpaired) electrons. The van der Waals surface area contributed by atoms with E-state index >= 15 is 0 Å². The summed E-state index contributed by atoms with van der Waals surface area (Å²) in [5, 5.41) is 0. The van der Waals surface area contributed by atoms with Crippen LogP contribution in [0, 0.1) is 0 Å². The molecule has 0 heterocycles. The molecule has 0 saturated carbocycles. The second-order valence-electron chi connectivity index (χ2n) is 4.59. The van der Waals surface area contributed by atoms with Crippen molar-refractivity contribution >= 4 is 0 Å². The van der Waals surface area contributed by atoms with Gasteiger partial charge in [-0.05, 0) is 12.5 Å². The van der Waals surface area contributed by atoms with E-state index in [1.54, 1.807) is 0 Å². The lowest BCUT2D eigenvalue weighted by atomic mass is 10.0. The van der Waals surface area contributed by atoms with Crippen LogP contribution in [0.3, 0.4) is 0 Å². The fourth-order valence-electron chi connectivity index (χ4n) is 2.19. The lowest BCUT2D eigenvalue weighted by Gasteiger charge is -2.36. The average Bonchev–Trinajstić information content (AvgIpc) is 2.19. The van der Waals surface area contributed by atoms with E-state index in [0.29, 0.717) is 6.04 Å². The molecular formula is C14H22N+. The predicted molar refractivity (Wildman–Crippen MR) is 66.6 cm³/mol. The second-order valence-corrected chi connectivity index (χ2v) is 4.59. The molecule has 0 fully saturated rings. The van der Waals surface area contributed by atoms with E-state index < -0.39 is 0 Å². The molecule has 1 aromatic carbocycles. The first kappa shape index (κ1) is 12.0. The Hall–Kier alpha value is -1.08. The quantitative estimate of drug-likeness (QED) is 0.509. The summed E-state index contributed by atoms with van der Waals surface area (Å²) < 4.78 is 0.976. The van der Waals surface area contributed by atoms with Gasteiger partial charge in [-0.3, -0.25) is 0 Å². The van der Waals surface area contributed by atoms with E-state index in [4.69, 9.17) is 0 Å². The number of hydrogen-bond donors (Lipinski definition) is 0. The van der Waals surface area contributed by atoms with Crippen molar-refractivity contribution < 1.29 is 4.48 Å². The fraction of sp³-hybridized carbons (Fsp3) is 0.429. The van der Waals surface area contributed by atoms with Gasteiger partial charge in [0.25, 0.3) is 0 Å². The van der Waals surface area contributed by atoms with Gasteiger partial charge in [-0.15, -0.1) is 0 Å². The molecule has 15 heavy (non-hydrogen) atoms. The van der Waals surface area contributed by atoms with Gasteiger partial charge in [0.2, 0.25) is 0 Å². The molecule has 1 atom stereocenters. The van der Waals surface area contributed by atoms with Gasteiger partial charge in [-0.2, -0.15) is 0 Å². The highest BCUT2D eigenvalue weighted by atomic mass is 15.3. The maximum absolute atomic E-state index is 3.97. The minimum absolute atomic E-state index is 0.395. The zero-order valence-electron chi connectivity index (χ0n) is 10.1. The van der Waals surface area contributed by atoms with E-state index in [1.807, 2.05) is 0 Å². The third-order valence-corrected chi connectivity index (χ3v) is 2.92. The van der Waals surface area contributed by atoms with Gasteiger partial charge < -0.3 is 4.48 Å². The molecule has 1 nitrogen and oxygen atoms in total. The van der Waals surface area contributed by atoms with Crippen molar-refractivity contribution in [3.05, 3.63) is 48.6 Å².